The van der Waals surface area contributed by atoms with Gasteiger partial charge in [-0.05, 0) is 30.7 Å². The van der Waals surface area contributed by atoms with Crippen LogP contribution in [0.5, 0.6) is 0 Å². The first-order valence-electron chi connectivity index (χ1n) is 4.90. The van der Waals surface area contributed by atoms with Crippen LogP contribution in [0.3, 0.4) is 0 Å². The van der Waals surface area contributed by atoms with Crippen molar-refractivity contribution < 1.29 is 0 Å². The van der Waals surface area contributed by atoms with Gasteiger partial charge < -0.3 is 5.32 Å². The van der Waals surface area contributed by atoms with E-state index in [9.17, 15) is 0 Å². The third-order valence-corrected chi connectivity index (χ3v) is 4.36. The summed E-state index contributed by atoms with van der Waals surface area (Å²) < 4.78 is 1.15. The number of hydrogen-bond acceptors (Lipinski definition) is 2. The van der Waals surface area contributed by atoms with Gasteiger partial charge in [-0.25, -0.2) is 0 Å². The van der Waals surface area contributed by atoms with E-state index in [1.807, 2.05) is 11.8 Å². The van der Waals surface area contributed by atoms with E-state index in [0.29, 0.717) is 5.37 Å². The van der Waals surface area contributed by atoms with Gasteiger partial charge in [0, 0.05) is 9.72 Å². The zero-order valence-electron chi connectivity index (χ0n) is 8.16. The molecule has 1 heterocycles. The fraction of sp³-hybridized carbons (Fsp3) is 0.455. The lowest BCUT2D eigenvalue weighted by molar-refractivity contribution is 0.605. The third-order valence-electron chi connectivity index (χ3n) is 2.42. The van der Waals surface area contributed by atoms with Gasteiger partial charge in [0.15, 0.2) is 0 Å². The van der Waals surface area contributed by atoms with E-state index in [2.05, 4.69) is 52.4 Å². The van der Waals surface area contributed by atoms with Gasteiger partial charge >= 0.3 is 0 Å². The van der Waals surface area contributed by atoms with E-state index in [0.717, 1.165) is 16.3 Å². The smallest absolute Gasteiger partial charge is 0.0792 e. The summed E-state index contributed by atoms with van der Waals surface area (Å²) in [6.07, 6.45) is 1.28. The topological polar surface area (TPSA) is 12.0 Å². The standard InChI is InChI=1S/C11H14BrNS/c1-8-6-7-13-11(14-8)9-2-4-10(12)5-3-9/h2-5,8,11,13H,6-7H2,1H3. The quantitative estimate of drug-likeness (QED) is 0.839. The lowest BCUT2D eigenvalue weighted by atomic mass is 10.2. The minimum atomic E-state index is 0.479. The van der Waals surface area contributed by atoms with Crippen molar-refractivity contribution in [2.24, 2.45) is 0 Å². The van der Waals surface area contributed by atoms with E-state index in [-0.39, 0.29) is 0 Å². The van der Waals surface area contributed by atoms with Crippen molar-refractivity contribution in [3.8, 4) is 0 Å². The predicted molar refractivity (Wildman–Crippen MR) is 66.6 cm³/mol. The molecular weight excluding hydrogens is 258 g/mol. The van der Waals surface area contributed by atoms with E-state index < -0.39 is 0 Å². The zero-order valence-corrected chi connectivity index (χ0v) is 10.6. The first-order chi connectivity index (χ1) is 6.75. The minimum Gasteiger partial charge on any atom is -0.302 e. The highest BCUT2D eigenvalue weighted by atomic mass is 79.9. The average Bonchev–Trinajstić information content (AvgIpc) is 2.19. The summed E-state index contributed by atoms with van der Waals surface area (Å²) in [5, 5.41) is 4.78. The number of thioether (sulfide) groups is 1. The van der Waals surface area contributed by atoms with Gasteiger partial charge in [0.1, 0.15) is 0 Å². The Kier molecular flexibility index (Phi) is 3.52. The van der Waals surface area contributed by atoms with Gasteiger partial charge in [-0.1, -0.05) is 35.0 Å². The highest BCUT2D eigenvalue weighted by Crippen LogP contribution is 2.34. The molecule has 0 bridgehead atoms. The second-order valence-electron chi connectivity index (χ2n) is 3.62. The summed E-state index contributed by atoms with van der Waals surface area (Å²) in [4.78, 5) is 0. The molecule has 1 fully saturated rings. The number of hydrogen-bond donors (Lipinski definition) is 1. The van der Waals surface area contributed by atoms with Gasteiger partial charge in [-0.15, -0.1) is 11.8 Å². The highest BCUT2D eigenvalue weighted by molar-refractivity contribution is 9.10. The maximum atomic E-state index is 3.53. The Morgan fingerprint density at radius 3 is 2.71 bits per heavy atom. The molecule has 1 saturated heterocycles. The van der Waals surface area contributed by atoms with E-state index in [1.54, 1.807) is 0 Å². The van der Waals surface area contributed by atoms with Crippen molar-refractivity contribution in [1.82, 2.24) is 5.32 Å². The fourth-order valence-corrected chi connectivity index (χ4v) is 3.11. The lowest BCUT2D eigenvalue weighted by Gasteiger charge is -2.28. The molecule has 0 saturated carbocycles. The minimum absolute atomic E-state index is 0.479. The number of benzene rings is 1. The lowest BCUT2D eigenvalue weighted by Crippen LogP contribution is -2.28. The molecule has 0 spiro atoms. The molecule has 1 nitrogen and oxygen atoms in total. The van der Waals surface area contributed by atoms with Gasteiger partial charge in [-0.3, -0.25) is 0 Å². The molecule has 2 unspecified atom stereocenters. The Labute approximate surface area is 97.8 Å². The van der Waals surface area contributed by atoms with E-state index in [1.165, 1.54) is 12.0 Å². The molecule has 2 atom stereocenters. The molecule has 0 radical (unpaired) electrons. The van der Waals surface area contributed by atoms with Gasteiger partial charge in [0.2, 0.25) is 0 Å². The molecule has 1 aliphatic rings. The molecule has 1 N–H and O–H groups in total. The number of halogens is 1. The van der Waals surface area contributed by atoms with Crippen LogP contribution in [0.15, 0.2) is 28.7 Å². The maximum absolute atomic E-state index is 3.53. The van der Waals surface area contributed by atoms with Gasteiger partial charge in [0.25, 0.3) is 0 Å². The Morgan fingerprint density at radius 1 is 1.36 bits per heavy atom. The van der Waals surface area contributed by atoms with Crippen molar-refractivity contribution in [1.29, 1.82) is 0 Å². The highest BCUT2D eigenvalue weighted by Gasteiger charge is 2.19. The summed E-state index contributed by atoms with van der Waals surface area (Å²) >= 11 is 5.47. The monoisotopic (exact) mass is 271 g/mol. The first-order valence-corrected chi connectivity index (χ1v) is 6.63. The first kappa shape index (κ1) is 10.5. The van der Waals surface area contributed by atoms with Crippen molar-refractivity contribution in [3.05, 3.63) is 34.3 Å². The van der Waals surface area contributed by atoms with Crippen molar-refractivity contribution >= 4 is 27.7 Å². The summed E-state index contributed by atoms with van der Waals surface area (Å²) in [5.41, 5.74) is 1.38. The summed E-state index contributed by atoms with van der Waals surface area (Å²) in [7, 11) is 0. The predicted octanol–water partition coefficient (Wildman–Crippen LogP) is 3.56. The molecule has 0 aromatic heterocycles. The van der Waals surface area contributed by atoms with Crippen LogP contribution in [0, 0.1) is 0 Å². The molecule has 1 aliphatic heterocycles. The zero-order chi connectivity index (χ0) is 9.97. The Balaban J connectivity index is 2.10. The summed E-state index contributed by atoms with van der Waals surface area (Å²) in [5.74, 6) is 0. The van der Waals surface area contributed by atoms with Crippen molar-refractivity contribution in [2.45, 2.75) is 24.0 Å². The second-order valence-corrected chi connectivity index (χ2v) is 6.09. The Bertz CT molecular complexity index is 299. The maximum Gasteiger partial charge on any atom is 0.0792 e. The van der Waals surface area contributed by atoms with Crippen LogP contribution in [0.2, 0.25) is 0 Å². The van der Waals surface area contributed by atoms with Crippen LogP contribution in [-0.4, -0.2) is 11.8 Å². The van der Waals surface area contributed by atoms with Crippen LogP contribution in [0.1, 0.15) is 24.3 Å². The molecule has 0 aliphatic carbocycles. The molecule has 76 valence electrons. The SMILES string of the molecule is CC1CCNC(c2ccc(Br)cc2)S1. The molecule has 14 heavy (non-hydrogen) atoms. The normalized spacial score (nSPS) is 27.6. The van der Waals surface area contributed by atoms with Crippen molar-refractivity contribution in [2.75, 3.05) is 6.54 Å². The largest absolute Gasteiger partial charge is 0.302 e. The number of nitrogens with one attached hydrogen (secondary N) is 1. The molecule has 3 heteroatoms. The van der Waals surface area contributed by atoms with Crippen LogP contribution < -0.4 is 5.32 Å². The fourth-order valence-electron chi connectivity index (χ4n) is 1.60. The average molecular weight is 272 g/mol. The summed E-state index contributed by atoms with van der Waals surface area (Å²) in [6.45, 7) is 3.44. The van der Waals surface area contributed by atoms with Crippen LogP contribution in [0.4, 0.5) is 0 Å². The van der Waals surface area contributed by atoms with E-state index in [4.69, 9.17) is 0 Å². The molecule has 0 amide bonds. The number of rotatable bonds is 1. The molecular formula is C11H14BrNS. The summed E-state index contributed by atoms with van der Waals surface area (Å²) in [6, 6.07) is 8.59. The van der Waals surface area contributed by atoms with Crippen LogP contribution >= 0.6 is 27.7 Å². The Hall–Kier alpha value is 0.01000. The Morgan fingerprint density at radius 2 is 2.07 bits per heavy atom. The van der Waals surface area contributed by atoms with Crippen LogP contribution in [0.25, 0.3) is 0 Å². The van der Waals surface area contributed by atoms with Gasteiger partial charge in [-0.2, -0.15) is 0 Å². The molecule has 2 rings (SSSR count). The van der Waals surface area contributed by atoms with E-state index >= 15 is 0 Å². The van der Waals surface area contributed by atoms with Crippen molar-refractivity contribution in [3.63, 3.8) is 0 Å². The molecule has 1 aromatic carbocycles. The molecule has 1 aromatic rings. The second kappa shape index (κ2) is 4.69. The van der Waals surface area contributed by atoms with Crippen LogP contribution in [-0.2, 0) is 0 Å². The third kappa shape index (κ3) is 2.53. The van der Waals surface area contributed by atoms with Gasteiger partial charge in [0.05, 0.1) is 5.37 Å².